The Hall–Kier alpha value is -3.78. The summed E-state index contributed by atoms with van der Waals surface area (Å²) in [6.07, 6.45) is 3.65. The number of likely N-dealkylation sites (tertiary alicyclic amines) is 1. The van der Waals surface area contributed by atoms with Gasteiger partial charge < -0.3 is 9.88 Å². The Bertz CT molecular complexity index is 1300. The van der Waals surface area contributed by atoms with Crippen molar-refractivity contribution in [3.63, 3.8) is 0 Å². The summed E-state index contributed by atoms with van der Waals surface area (Å²) < 4.78 is 0. The maximum Gasteiger partial charge on any atom is 0.270 e. The van der Waals surface area contributed by atoms with Gasteiger partial charge in [0.15, 0.2) is 5.78 Å². The Kier molecular flexibility index (Phi) is 6.49. The maximum absolute atomic E-state index is 12.8. The third kappa shape index (κ3) is 4.77. The zero-order chi connectivity index (χ0) is 23.3. The van der Waals surface area contributed by atoms with E-state index in [1.165, 1.54) is 11.8 Å². The van der Waals surface area contributed by atoms with Gasteiger partial charge in [-0.2, -0.15) is 0 Å². The van der Waals surface area contributed by atoms with Crippen molar-refractivity contribution >= 4 is 23.5 Å². The van der Waals surface area contributed by atoms with E-state index in [1.54, 1.807) is 12.3 Å². The molecule has 1 saturated heterocycles. The first-order valence-electron chi connectivity index (χ1n) is 11.2. The van der Waals surface area contributed by atoms with Crippen LogP contribution >= 0.6 is 11.8 Å². The second kappa shape index (κ2) is 10.0. The fourth-order valence-electron chi connectivity index (χ4n) is 3.94. The number of nitrogens with one attached hydrogen (secondary N) is 1. The number of aromatic nitrogens is 4. The van der Waals surface area contributed by atoms with Crippen molar-refractivity contribution in [1.29, 1.82) is 0 Å². The molecule has 1 N–H and O–H groups in total. The molecule has 0 saturated carbocycles. The number of rotatable bonds is 7. The number of benzene rings is 2. The summed E-state index contributed by atoms with van der Waals surface area (Å²) in [6, 6.07) is 21.3. The van der Waals surface area contributed by atoms with E-state index in [0.717, 1.165) is 42.8 Å². The second-order valence-electron chi connectivity index (χ2n) is 8.04. The normalized spacial score (nSPS) is 13.2. The summed E-state index contributed by atoms with van der Waals surface area (Å²) in [5, 5.41) is 9.15. The second-order valence-corrected chi connectivity index (χ2v) is 8.98. The number of hydrogen-bond acceptors (Lipinski definition) is 6. The van der Waals surface area contributed by atoms with Gasteiger partial charge in [0.25, 0.3) is 5.91 Å². The van der Waals surface area contributed by atoms with Gasteiger partial charge in [-0.15, -0.1) is 10.2 Å². The third-order valence-electron chi connectivity index (χ3n) is 5.72. The van der Waals surface area contributed by atoms with Crippen LogP contribution in [0.1, 0.15) is 33.7 Å². The number of Topliss-reactive ketones (excluding diaryl/α,β-unsaturated/α-hetero) is 1. The van der Waals surface area contributed by atoms with Gasteiger partial charge in [-0.05, 0) is 18.9 Å². The van der Waals surface area contributed by atoms with Crippen LogP contribution in [0.25, 0.3) is 22.5 Å². The SMILES string of the molecule is O=C(CSc1nnc(-c2ccccc2)c(-c2ccccc2)n1)c1c[nH]c(C(=O)N2CCCC2)c1. The molecule has 0 unspecified atom stereocenters. The monoisotopic (exact) mass is 469 g/mol. The van der Waals surface area contributed by atoms with Crippen LogP contribution in [0.2, 0.25) is 0 Å². The van der Waals surface area contributed by atoms with Crippen LogP contribution in [-0.2, 0) is 0 Å². The number of aromatic amines is 1. The first-order chi connectivity index (χ1) is 16.7. The first-order valence-corrected chi connectivity index (χ1v) is 12.2. The standard InChI is InChI=1S/C26H23N5O2S/c32-22(20-15-21(27-16-20)25(33)31-13-7-8-14-31)17-34-26-28-23(18-9-3-1-4-10-18)24(29-30-26)19-11-5-2-6-12-19/h1-6,9-12,15-16,27H,7-8,13-14,17H2. The maximum atomic E-state index is 12.8. The largest absolute Gasteiger partial charge is 0.356 e. The van der Waals surface area contributed by atoms with Crippen LogP contribution in [0.4, 0.5) is 0 Å². The van der Waals surface area contributed by atoms with Crippen LogP contribution in [-0.4, -0.2) is 55.6 Å². The first kappa shape index (κ1) is 22.0. The summed E-state index contributed by atoms with van der Waals surface area (Å²) in [7, 11) is 0. The highest BCUT2D eigenvalue weighted by Crippen LogP contribution is 2.29. The number of amides is 1. The van der Waals surface area contributed by atoms with Gasteiger partial charge in [-0.25, -0.2) is 4.98 Å². The van der Waals surface area contributed by atoms with E-state index in [0.29, 0.717) is 22.1 Å². The molecule has 3 heterocycles. The molecule has 7 nitrogen and oxygen atoms in total. The van der Waals surface area contributed by atoms with E-state index in [2.05, 4.69) is 15.2 Å². The van der Waals surface area contributed by atoms with E-state index < -0.39 is 0 Å². The minimum absolute atomic E-state index is 0.0549. The zero-order valence-electron chi connectivity index (χ0n) is 18.5. The lowest BCUT2D eigenvalue weighted by Crippen LogP contribution is -2.27. The van der Waals surface area contributed by atoms with Crippen LogP contribution in [0, 0.1) is 0 Å². The Balaban J connectivity index is 1.33. The Morgan fingerprint density at radius 3 is 2.21 bits per heavy atom. The van der Waals surface area contributed by atoms with Crippen LogP contribution in [0.15, 0.2) is 78.1 Å². The van der Waals surface area contributed by atoms with Crippen LogP contribution < -0.4 is 0 Å². The molecule has 4 aromatic rings. The number of hydrogen-bond donors (Lipinski definition) is 1. The van der Waals surface area contributed by atoms with Gasteiger partial charge >= 0.3 is 0 Å². The average molecular weight is 470 g/mol. The predicted octanol–water partition coefficient (Wildman–Crippen LogP) is 4.74. The van der Waals surface area contributed by atoms with Gasteiger partial charge in [-0.1, -0.05) is 72.4 Å². The highest BCUT2D eigenvalue weighted by atomic mass is 32.2. The van der Waals surface area contributed by atoms with Crippen molar-refractivity contribution in [3.8, 4) is 22.5 Å². The van der Waals surface area contributed by atoms with Gasteiger partial charge in [0.05, 0.1) is 5.75 Å². The van der Waals surface area contributed by atoms with Crippen LogP contribution in [0.3, 0.4) is 0 Å². The molecule has 8 heteroatoms. The number of carbonyl (C=O) groups is 2. The predicted molar refractivity (Wildman–Crippen MR) is 132 cm³/mol. The van der Waals surface area contributed by atoms with Crippen molar-refractivity contribution in [2.24, 2.45) is 0 Å². The van der Waals surface area contributed by atoms with Gasteiger partial charge in [0.2, 0.25) is 5.16 Å². The smallest absolute Gasteiger partial charge is 0.270 e. The van der Waals surface area contributed by atoms with Crippen molar-refractivity contribution in [2.45, 2.75) is 18.0 Å². The lowest BCUT2D eigenvalue weighted by Gasteiger charge is -2.13. The van der Waals surface area contributed by atoms with Crippen molar-refractivity contribution in [3.05, 3.63) is 84.2 Å². The number of carbonyl (C=O) groups excluding carboxylic acids is 2. The molecule has 34 heavy (non-hydrogen) atoms. The van der Waals surface area contributed by atoms with Crippen molar-refractivity contribution in [1.82, 2.24) is 25.1 Å². The van der Waals surface area contributed by atoms with E-state index >= 15 is 0 Å². The molecular formula is C26H23N5O2S. The van der Waals surface area contributed by atoms with Crippen molar-refractivity contribution < 1.29 is 9.59 Å². The molecule has 1 aliphatic rings. The molecule has 0 aliphatic carbocycles. The number of H-pyrrole nitrogens is 1. The Morgan fingerprint density at radius 2 is 1.53 bits per heavy atom. The summed E-state index contributed by atoms with van der Waals surface area (Å²) in [6.45, 7) is 1.54. The summed E-state index contributed by atoms with van der Waals surface area (Å²) in [5.41, 5.74) is 4.20. The summed E-state index contributed by atoms with van der Waals surface area (Å²) >= 11 is 1.24. The quantitative estimate of drug-likeness (QED) is 0.310. The van der Waals surface area contributed by atoms with Crippen molar-refractivity contribution in [2.75, 3.05) is 18.8 Å². The molecule has 2 aromatic heterocycles. The van der Waals surface area contributed by atoms with Gasteiger partial charge in [0.1, 0.15) is 17.1 Å². The minimum atomic E-state index is -0.0984. The van der Waals surface area contributed by atoms with E-state index in [-0.39, 0.29) is 17.4 Å². The van der Waals surface area contributed by atoms with E-state index in [4.69, 9.17) is 4.98 Å². The number of ketones is 1. The third-order valence-corrected chi connectivity index (χ3v) is 6.56. The molecule has 170 valence electrons. The van der Waals surface area contributed by atoms with Gasteiger partial charge in [0, 0.05) is 36.0 Å². The Morgan fingerprint density at radius 1 is 0.882 bits per heavy atom. The molecular weight excluding hydrogens is 446 g/mol. The van der Waals surface area contributed by atoms with E-state index in [1.807, 2.05) is 65.6 Å². The molecule has 5 rings (SSSR count). The molecule has 0 spiro atoms. The fraction of sp³-hybridized carbons (Fsp3) is 0.192. The van der Waals surface area contributed by atoms with Crippen LogP contribution in [0.5, 0.6) is 0 Å². The molecule has 0 bridgehead atoms. The summed E-state index contributed by atoms with van der Waals surface area (Å²) in [4.78, 5) is 34.8. The number of nitrogens with zero attached hydrogens (tertiary/aromatic N) is 4. The molecule has 1 aliphatic heterocycles. The molecule has 1 fully saturated rings. The highest BCUT2D eigenvalue weighted by Gasteiger charge is 2.22. The van der Waals surface area contributed by atoms with E-state index in [9.17, 15) is 9.59 Å². The minimum Gasteiger partial charge on any atom is -0.356 e. The molecule has 0 radical (unpaired) electrons. The zero-order valence-corrected chi connectivity index (χ0v) is 19.3. The molecule has 1 amide bonds. The highest BCUT2D eigenvalue weighted by molar-refractivity contribution is 7.99. The fourth-order valence-corrected chi connectivity index (χ4v) is 4.62. The number of thioether (sulfide) groups is 1. The Labute approximate surface area is 201 Å². The molecule has 0 atom stereocenters. The summed E-state index contributed by atoms with van der Waals surface area (Å²) in [5.74, 6) is -0.00468. The lowest BCUT2D eigenvalue weighted by atomic mass is 10.0. The average Bonchev–Trinajstić information content (AvgIpc) is 3.61. The topological polar surface area (TPSA) is 91.8 Å². The molecule has 2 aromatic carbocycles. The van der Waals surface area contributed by atoms with Gasteiger partial charge in [-0.3, -0.25) is 9.59 Å². The lowest BCUT2D eigenvalue weighted by molar-refractivity contribution is 0.0787.